The van der Waals surface area contributed by atoms with Crippen molar-refractivity contribution in [1.82, 2.24) is 0 Å². The molecule has 148 valence electrons. The van der Waals surface area contributed by atoms with Crippen molar-refractivity contribution in [2.45, 2.75) is 38.5 Å². The normalized spacial score (nSPS) is 8.56. The molecule has 0 heterocycles. The SMILES string of the molecule is C=CCCCOC(=O)CCC(=O)CN.Cl.Cl.NCC(=O)CCC(=O)O. The molecule has 0 aliphatic carbocycles. The third kappa shape index (κ3) is 27.6. The van der Waals surface area contributed by atoms with Gasteiger partial charge in [0.2, 0.25) is 0 Å². The number of carbonyl (C=O) groups is 4. The van der Waals surface area contributed by atoms with Crippen LogP contribution in [0, 0.1) is 0 Å². The maximum Gasteiger partial charge on any atom is 0.306 e. The Bertz CT molecular complexity index is 405. The van der Waals surface area contributed by atoms with Gasteiger partial charge in [0.25, 0.3) is 0 Å². The lowest BCUT2D eigenvalue weighted by atomic mass is 10.2. The van der Waals surface area contributed by atoms with Crippen molar-refractivity contribution >= 4 is 48.3 Å². The predicted molar refractivity (Wildman–Crippen MR) is 99.1 cm³/mol. The standard InChI is InChI=1S/C10H17NO3.C5H9NO3.2ClH/c1-2-3-4-7-14-10(13)6-5-9(12)8-11;6-3-4(7)1-2-5(8)9;;/h2H,1,3-8,11H2;1-3,6H2,(H,8,9);2*1H. The van der Waals surface area contributed by atoms with Crippen LogP contribution >= 0.6 is 24.8 Å². The Labute approximate surface area is 160 Å². The number of esters is 1. The van der Waals surface area contributed by atoms with Crippen LogP contribution in [-0.2, 0) is 23.9 Å². The van der Waals surface area contributed by atoms with Crippen LogP contribution in [0.2, 0.25) is 0 Å². The fourth-order valence-corrected chi connectivity index (χ4v) is 1.18. The van der Waals surface area contributed by atoms with Gasteiger partial charge in [0.1, 0.15) is 11.6 Å². The van der Waals surface area contributed by atoms with Gasteiger partial charge in [-0.2, -0.15) is 0 Å². The highest BCUT2D eigenvalue weighted by molar-refractivity contribution is 5.86. The summed E-state index contributed by atoms with van der Waals surface area (Å²) in [6.07, 6.45) is 3.61. The summed E-state index contributed by atoms with van der Waals surface area (Å²) in [5.74, 6) is -1.63. The number of allylic oxidation sites excluding steroid dienone is 1. The average molecular weight is 403 g/mol. The van der Waals surface area contributed by atoms with E-state index >= 15 is 0 Å². The molecule has 0 saturated heterocycles. The molecule has 0 atom stereocenters. The third-order valence-electron chi connectivity index (χ3n) is 2.50. The zero-order valence-corrected chi connectivity index (χ0v) is 15.7. The van der Waals surface area contributed by atoms with Crippen LogP contribution in [-0.4, -0.2) is 48.3 Å². The monoisotopic (exact) mass is 402 g/mol. The molecule has 0 aliphatic heterocycles. The molecule has 0 radical (unpaired) electrons. The molecular weight excluding hydrogens is 375 g/mol. The minimum atomic E-state index is -0.961. The number of Topliss-reactive ketones (excluding diaryl/α,β-unsaturated/α-hetero) is 2. The first kappa shape index (κ1) is 31.3. The number of ether oxygens (including phenoxy) is 1. The van der Waals surface area contributed by atoms with Gasteiger partial charge in [-0.05, 0) is 12.8 Å². The number of unbranched alkanes of at least 4 members (excludes halogenated alkanes) is 1. The third-order valence-corrected chi connectivity index (χ3v) is 2.50. The van der Waals surface area contributed by atoms with E-state index < -0.39 is 5.97 Å². The lowest BCUT2D eigenvalue weighted by Gasteiger charge is -2.02. The molecule has 0 amide bonds. The van der Waals surface area contributed by atoms with E-state index in [-0.39, 0.29) is 81.1 Å². The summed E-state index contributed by atoms with van der Waals surface area (Å²) in [5.41, 5.74) is 10.0. The van der Waals surface area contributed by atoms with E-state index in [1.807, 2.05) is 0 Å². The van der Waals surface area contributed by atoms with E-state index in [0.29, 0.717) is 6.61 Å². The van der Waals surface area contributed by atoms with Crippen molar-refractivity contribution in [2.24, 2.45) is 11.5 Å². The zero-order chi connectivity index (χ0) is 18.1. The zero-order valence-electron chi connectivity index (χ0n) is 14.1. The quantitative estimate of drug-likeness (QED) is 0.248. The maximum absolute atomic E-state index is 11.0. The van der Waals surface area contributed by atoms with Crippen LogP contribution in [0.5, 0.6) is 0 Å². The van der Waals surface area contributed by atoms with E-state index in [1.54, 1.807) is 6.08 Å². The first-order valence-electron chi connectivity index (χ1n) is 7.29. The van der Waals surface area contributed by atoms with Gasteiger partial charge in [0.15, 0.2) is 0 Å². The Morgan fingerprint density at radius 3 is 1.80 bits per heavy atom. The Morgan fingerprint density at radius 1 is 0.920 bits per heavy atom. The fourth-order valence-electron chi connectivity index (χ4n) is 1.18. The van der Waals surface area contributed by atoms with Gasteiger partial charge in [-0.15, -0.1) is 31.4 Å². The first-order chi connectivity index (χ1) is 10.9. The second kappa shape index (κ2) is 22.5. The molecule has 5 N–H and O–H groups in total. The van der Waals surface area contributed by atoms with E-state index in [9.17, 15) is 19.2 Å². The van der Waals surface area contributed by atoms with Crippen LogP contribution < -0.4 is 11.5 Å². The van der Waals surface area contributed by atoms with E-state index in [4.69, 9.17) is 21.3 Å². The van der Waals surface area contributed by atoms with Gasteiger partial charge < -0.3 is 21.3 Å². The number of aliphatic carboxylic acids is 1. The average Bonchev–Trinajstić information content (AvgIpc) is 2.54. The van der Waals surface area contributed by atoms with Crippen LogP contribution in [0.25, 0.3) is 0 Å². The predicted octanol–water partition coefficient (Wildman–Crippen LogP) is 1.03. The van der Waals surface area contributed by atoms with Gasteiger partial charge in [0, 0.05) is 12.8 Å². The highest BCUT2D eigenvalue weighted by Crippen LogP contribution is 1.96. The number of hydrogen-bond donors (Lipinski definition) is 3. The maximum atomic E-state index is 11.0. The molecule has 8 nitrogen and oxygen atoms in total. The van der Waals surface area contributed by atoms with Crippen molar-refractivity contribution < 1.29 is 29.0 Å². The molecule has 0 aromatic rings. The Morgan fingerprint density at radius 2 is 1.40 bits per heavy atom. The summed E-state index contributed by atoms with van der Waals surface area (Å²) in [4.78, 5) is 41.9. The summed E-state index contributed by atoms with van der Waals surface area (Å²) in [6.45, 7) is 3.87. The highest BCUT2D eigenvalue weighted by Gasteiger charge is 2.05. The number of halogens is 2. The molecule has 0 unspecified atom stereocenters. The van der Waals surface area contributed by atoms with Crippen molar-refractivity contribution in [2.75, 3.05) is 19.7 Å². The molecule has 0 saturated carbocycles. The first-order valence-corrected chi connectivity index (χ1v) is 7.29. The van der Waals surface area contributed by atoms with Crippen LogP contribution in [0.3, 0.4) is 0 Å². The largest absolute Gasteiger partial charge is 0.481 e. The lowest BCUT2D eigenvalue weighted by molar-refractivity contribution is -0.144. The van der Waals surface area contributed by atoms with E-state index in [0.717, 1.165) is 12.8 Å². The molecule has 0 aliphatic rings. The molecule has 0 fully saturated rings. The number of ketones is 2. The summed E-state index contributed by atoms with van der Waals surface area (Å²) in [6, 6.07) is 0. The minimum absolute atomic E-state index is 0. The summed E-state index contributed by atoms with van der Waals surface area (Å²) < 4.78 is 4.86. The molecule has 0 bridgehead atoms. The molecule has 25 heavy (non-hydrogen) atoms. The Hall–Kier alpha value is -1.48. The molecule has 0 aromatic heterocycles. The van der Waals surface area contributed by atoms with Gasteiger partial charge in [-0.1, -0.05) is 6.08 Å². The van der Waals surface area contributed by atoms with E-state index in [1.165, 1.54) is 0 Å². The van der Waals surface area contributed by atoms with Crippen molar-refractivity contribution in [1.29, 1.82) is 0 Å². The topological polar surface area (TPSA) is 150 Å². The minimum Gasteiger partial charge on any atom is -0.481 e. The smallest absolute Gasteiger partial charge is 0.306 e. The van der Waals surface area contributed by atoms with Gasteiger partial charge in [-0.25, -0.2) is 0 Å². The second-order valence-electron chi connectivity index (χ2n) is 4.53. The summed E-state index contributed by atoms with van der Waals surface area (Å²) >= 11 is 0. The fraction of sp³-hybridized carbons (Fsp3) is 0.600. The Kier molecular flexibility index (Phi) is 28.2. The number of carbonyl (C=O) groups excluding carboxylic acids is 3. The van der Waals surface area contributed by atoms with E-state index in [2.05, 4.69) is 6.58 Å². The Balaban J connectivity index is -0.000000177. The number of carboxylic acids is 1. The molecule has 0 spiro atoms. The molecule has 0 aromatic carbocycles. The van der Waals surface area contributed by atoms with Crippen LogP contribution in [0.1, 0.15) is 38.5 Å². The summed E-state index contributed by atoms with van der Waals surface area (Å²) in [5, 5.41) is 8.06. The number of nitrogens with two attached hydrogens (primary N) is 2. The number of rotatable bonds is 12. The highest BCUT2D eigenvalue weighted by atomic mass is 35.5. The number of hydrogen-bond acceptors (Lipinski definition) is 7. The van der Waals surface area contributed by atoms with Gasteiger partial charge in [-0.3, -0.25) is 19.2 Å². The van der Waals surface area contributed by atoms with Crippen molar-refractivity contribution in [3.63, 3.8) is 0 Å². The second-order valence-corrected chi connectivity index (χ2v) is 4.53. The molecular formula is C15H28Cl2N2O6. The van der Waals surface area contributed by atoms with Crippen molar-refractivity contribution in [3.05, 3.63) is 12.7 Å². The van der Waals surface area contributed by atoms with Gasteiger partial charge >= 0.3 is 11.9 Å². The molecule has 0 rings (SSSR count). The summed E-state index contributed by atoms with van der Waals surface area (Å²) in [7, 11) is 0. The molecule has 10 heteroatoms. The van der Waals surface area contributed by atoms with Crippen LogP contribution in [0.15, 0.2) is 12.7 Å². The van der Waals surface area contributed by atoms with Gasteiger partial charge in [0.05, 0.1) is 32.5 Å². The van der Waals surface area contributed by atoms with Crippen LogP contribution in [0.4, 0.5) is 0 Å². The number of carboxylic acid groups (broad SMARTS) is 1. The lowest BCUT2D eigenvalue weighted by Crippen LogP contribution is -2.15. The van der Waals surface area contributed by atoms with Crippen molar-refractivity contribution in [3.8, 4) is 0 Å².